The summed E-state index contributed by atoms with van der Waals surface area (Å²) in [6, 6.07) is 7.39. The Hall–Kier alpha value is -3.51. The number of rotatable bonds is 9. The zero-order chi connectivity index (χ0) is 31.1. The number of aliphatic hydroxyl groups is 6. The molecule has 15 nitrogen and oxygen atoms in total. The van der Waals surface area contributed by atoms with Gasteiger partial charge in [-0.2, -0.15) is 0 Å². The van der Waals surface area contributed by atoms with Gasteiger partial charge in [0.1, 0.15) is 59.1 Å². The predicted molar refractivity (Wildman–Crippen MR) is 144 cm³/mol. The topological polar surface area (TPSA) is 227 Å². The van der Waals surface area contributed by atoms with Gasteiger partial charge in [-0.3, -0.25) is 4.79 Å². The smallest absolute Gasteiger partial charge is 0.229 e. The van der Waals surface area contributed by atoms with Gasteiger partial charge < -0.3 is 68.6 Å². The van der Waals surface area contributed by atoms with Crippen LogP contribution < -0.4 is 19.6 Å². The highest BCUT2D eigenvalue weighted by molar-refractivity contribution is 5.91. The Balaban J connectivity index is 1.30. The highest BCUT2D eigenvalue weighted by atomic mass is 16.7. The lowest BCUT2D eigenvalue weighted by Crippen LogP contribution is -2.60. The van der Waals surface area contributed by atoms with Crippen LogP contribution in [-0.4, -0.2) is 118 Å². The molecule has 2 aliphatic rings. The van der Waals surface area contributed by atoms with E-state index in [1.54, 1.807) is 0 Å². The summed E-state index contributed by atoms with van der Waals surface area (Å²) >= 11 is 0. The van der Waals surface area contributed by atoms with E-state index in [0.29, 0.717) is 5.56 Å². The number of hydrogen-bond donors (Lipinski definition) is 7. The van der Waals surface area contributed by atoms with Gasteiger partial charge in [0.2, 0.25) is 17.5 Å². The Morgan fingerprint density at radius 1 is 1.00 bits per heavy atom. The highest BCUT2D eigenvalue weighted by Crippen LogP contribution is 2.42. The SMILES string of the molecule is COc1cc2occ(-c3ccc(O[C@@H]4O[C@H](CO[C@H]5OC[C@](O)(CO)[C@H]5O)[C@@H](O)[C@H](O)[C@H]4O)cc3)c(=O)c2c(O)c1OC. The van der Waals surface area contributed by atoms with Gasteiger partial charge in [0.25, 0.3) is 0 Å². The van der Waals surface area contributed by atoms with Crippen molar-refractivity contribution in [1.82, 2.24) is 0 Å². The van der Waals surface area contributed by atoms with Crippen molar-refractivity contribution < 1.29 is 68.6 Å². The molecule has 1 aromatic heterocycles. The summed E-state index contributed by atoms with van der Waals surface area (Å²) in [7, 11) is 2.70. The molecule has 43 heavy (non-hydrogen) atoms. The predicted octanol–water partition coefficient (Wildman–Crippen LogP) is -1.17. The van der Waals surface area contributed by atoms with Crippen molar-refractivity contribution >= 4 is 11.0 Å². The van der Waals surface area contributed by atoms with Gasteiger partial charge in [0, 0.05) is 6.07 Å². The van der Waals surface area contributed by atoms with E-state index in [9.17, 15) is 40.5 Å². The van der Waals surface area contributed by atoms with Crippen molar-refractivity contribution in [2.45, 2.75) is 48.7 Å². The van der Waals surface area contributed by atoms with Gasteiger partial charge in [0.15, 0.2) is 17.8 Å². The summed E-state index contributed by atoms with van der Waals surface area (Å²) in [4.78, 5) is 13.3. The monoisotopic (exact) mass is 608 g/mol. The van der Waals surface area contributed by atoms with Gasteiger partial charge in [-0.25, -0.2) is 0 Å². The largest absolute Gasteiger partial charge is 0.504 e. The van der Waals surface area contributed by atoms with Crippen molar-refractivity contribution in [3.63, 3.8) is 0 Å². The van der Waals surface area contributed by atoms with Crippen molar-refractivity contribution in [2.75, 3.05) is 34.0 Å². The van der Waals surface area contributed by atoms with Crippen LogP contribution in [0.2, 0.25) is 0 Å². The second-order valence-electron chi connectivity index (χ2n) is 10.2. The molecule has 0 aliphatic carbocycles. The average Bonchev–Trinajstić information content (AvgIpc) is 3.30. The van der Waals surface area contributed by atoms with Crippen molar-refractivity contribution in [2.24, 2.45) is 0 Å². The third-order valence-electron chi connectivity index (χ3n) is 7.47. The summed E-state index contributed by atoms with van der Waals surface area (Å²) in [5.74, 6) is -0.114. The van der Waals surface area contributed by atoms with E-state index in [4.69, 9.17) is 32.8 Å². The lowest BCUT2D eigenvalue weighted by Gasteiger charge is -2.40. The molecule has 234 valence electrons. The molecule has 3 heterocycles. The first-order valence-corrected chi connectivity index (χ1v) is 13.1. The minimum absolute atomic E-state index is 0.0242. The van der Waals surface area contributed by atoms with E-state index in [2.05, 4.69) is 0 Å². The molecule has 2 aliphatic heterocycles. The second-order valence-corrected chi connectivity index (χ2v) is 10.2. The van der Waals surface area contributed by atoms with Gasteiger partial charge in [-0.05, 0) is 17.7 Å². The Bertz CT molecular complexity index is 1490. The summed E-state index contributed by atoms with van der Waals surface area (Å²) in [5, 5.41) is 71.3. The van der Waals surface area contributed by atoms with Crippen LogP contribution in [0.1, 0.15) is 0 Å². The van der Waals surface area contributed by atoms with Gasteiger partial charge in [-0.1, -0.05) is 12.1 Å². The molecule has 2 fully saturated rings. The second kappa shape index (κ2) is 12.2. The molecule has 0 amide bonds. The number of hydrogen-bond acceptors (Lipinski definition) is 15. The van der Waals surface area contributed by atoms with Crippen molar-refractivity contribution in [3.8, 4) is 34.1 Å². The fraction of sp³-hybridized carbons (Fsp3) is 0.464. The maximum Gasteiger partial charge on any atom is 0.229 e. The first-order chi connectivity index (χ1) is 20.5. The third-order valence-corrected chi connectivity index (χ3v) is 7.47. The first kappa shape index (κ1) is 30.9. The summed E-state index contributed by atoms with van der Waals surface area (Å²) < 4.78 is 37.8. The van der Waals surface area contributed by atoms with Crippen LogP contribution in [0.4, 0.5) is 0 Å². The molecule has 15 heteroatoms. The van der Waals surface area contributed by atoms with E-state index in [-0.39, 0.29) is 33.8 Å². The number of phenolic OH excluding ortho intramolecular Hbond substituents is 1. The molecular weight excluding hydrogens is 576 g/mol. The molecule has 0 saturated carbocycles. The molecule has 0 bridgehead atoms. The van der Waals surface area contributed by atoms with Crippen LogP contribution >= 0.6 is 0 Å². The minimum atomic E-state index is -1.92. The molecule has 0 spiro atoms. The standard InChI is InChI=1S/C28H32O15/c1-37-16-7-15-18(21(32)24(16)38-2)19(30)14(8-39-15)12-3-5-13(6-4-12)42-26-23(34)22(33)20(31)17(43-26)9-40-27-25(35)28(36,10-29)11-41-27/h3-8,17,20,22-23,25-27,29,31-36H,9-11H2,1-2H3/t17-,20-,22+,23-,25+,26-,27+,28-/m1/s1. The zero-order valence-electron chi connectivity index (χ0n) is 23.0. The van der Waals surface area contributed by atoms with Crippen molar-refractivity contribution in [1.29, 1.82) is 0 Å². The fourth-order valence-corrected chi connectivity index (χ4v) is 4.90. The van der Waals surface area contributed by atoms with Gasteiger partial charge >= 0.3 is 0 Å². The zero-order valence-corrected chi connectivity index (χ0v) is 23.0. The third kappa shape index (κ3) is 5.62. The Morgan fingerprint density at radius 3 is 2.35 bits per heavy atom. The lowest BCUT2D eigenvalue weighted by molar-refractivity contribution is -0.289. The van der Waals surface area contributed by atoms with E-state index >= 15 is 0 Å². The van der Waals surface area contributed by atoms with E-state index < -0.39 is 79.7 Å². The number of ether oxygens (including phenoxy) is 6. The summed E-state index contributed by atoms with van der Waals surface area (Å²) in [6.45, 7) is -1.60. The van der Waals surface area contributed by atoms with Crippen LogP contribution in [0.5, 0.6) is 23.0 Å². The number of aromatic hydroxyl groups is 1. The Morgan fingerprint density at radius 2 is 1.72 bits per heavy atom. The van der Waals surface area contributed by atoms with E-state index in [0.717, 1.165) is 0 Å². The molecule has 3 aromatic rings. The maximum atomic E-state index is 13.3. The quantitative estimate of drug-likeness (QED) is 0.152. The normalized spacial score (nSPS) is 30.8. The molecule has 8 atom stereocenters. The van der Waals surface area contributed by atoms with Crippen LogP contribution in [0.3, 0.4) is 0 Å². The number of aliphatic hydroxyl groups excluding tert-OH is 5. The maximum absolute atomic E-state index is 13.3. The fourth-order valence-electron chi connectivity index (χ4n) is 4.90. The molecule has 0 radical (unpaired) electrons. The van der Waals surface area contributed by atoms with Crippen LogP contribution in [0.15, 0.2) is 45.8 Å². The van der Waals surface area contributed by atoms with Crippen LogP contribution in [-0.2, 0) is 14.2 Å². The minimum Gasteiger partial charge on any atom is -0.504 e. The Labute approximate surface area is 243 Å². The Kier molecular flexibility index (Phi) is 8.80. The molecule has 2 aromatic carbocycles. The van der Waals surface area contributed by atoms with Crippen LogP contribution in [0.25, 0.3) is 22.1 Å². The van der Waals surface area contributed by atoms with Gasteiger partial charge in [-0.15, -0.1) is 0 Å². The molecule has 5 rings (SSSR count). The summed E-state index contributed by atoms with van der Waals surface area (Å²) in [5.41, 5.74) is -1.84. The van der Waals surface area contributed by atoms with E-state index in [1.807, 2.05) is 0 Å². The molecular formula is C28H32O15. The molecule has 2 saturated heterocycles. The molecule has 7 N–H and O–H groups in total. The lowest BCUT2D eigenvalue weighted by atomic mass is 9.99. The first-order valence-electron chi connectivity index (χ1n) is 13.1. The average molecular weight is 609 g/mol. The number of methoxy groups -OCH3 is 2. The van der Waals surface area contributed by atoms with E-state index in [1.165, 1.54) is 50.8 Å². The van der Waals surface area contributed by atoms with Crippen LogP contribution in [0, 0.1) is 0 Å². The molecule has 0 unspecified atom stereocenters. The number of benzene rings is 2. The number of fused-ring (bicyclic) bond motifs is 1. The van der Waals surface area contributed by atoms with Gasteiger partial charge in [0.05, 0.1) is 39.6 Å². The summed E-state index contributed by atoms with van der Waals surface area (Å²) in [6.07, 6.45) is -9.37. The number of phenols is 1. The van der Waals surface area contributed by atoms with Crippen molar-refractivity contribution in [3.05, 3.63) is 46.8 Å². The highest BCUT2D eigenvalue weighted by Gasteiger charge is 2.50.